The zero-order valence-corrected chi connectivity index (χ0v) is 12.0. The number of hydrogen-bond donors (Lipinski definition) is 1. The van der Waals surface area contributed by atoms with Crippen molar-refractivity contribution >= 4 is 0 Å². The van der Waals surface area contributed by atoms with Crippen molar-refractivity contribution in [2.24, 2.45) is 0 Å². The minimum absolute atomic E-state index is 0.173. The van der Waals surface area contributed by atoms with Crippen molar-refractivity contribution in [2.45, 2.75) is 44.8 Å². The molecule has 1 aromatic carbocycles. The minimum Gasteiger partial charge on any atom is -0.497 e. The maximum absolute atomic E-state index is 10.5. The fourth-order valence-corrected chi connectivity index (χ4v) is 2.78. The molecule has 1 heterocycles. The lowest BCUT2D eigenvalue weighted by Gasteiger charge is -2.31. The van der Waals surface area contributed by atoms with Crippen LogP contribution in [0.2, 0.25) is 0 Å². The smallest absolute Gasteiger partial charge is 0.118 e. The monoisotopic (exact) mass is 263 g/mol. The lowest BCUT2D eigenvalue weighted by molar-refractivity contribution is 0.0597. The van der Waals surface area contributed by atoms with Gasteiger partial charge in [-0.1, -0.05) is 25.0 Å². The zero-order chi connectivity index (χ0) is 13.7. The molecule has 1 aliphatic heterocycles. The number of benzene rings is 1. The summed E-state index contributed by atoms with van der Waals surface area (Å²) in [7, 11) is 1.66. The number of nitrogens with zero attached hydrogens (tertiary/aromatic N) is 1. The third-order valence-electron chi connectivity index (χ3n) is 4.13. The molecule has 1 aromatic rings. The molecule has 0 aromatic heterocycles. The van der Waals surface area contributed by atoms with Crippen LogP contribution in [0.1, 0.15) is 44.3 Å². The maximum atomic E-state index is 10.5. The summed E-state index contributed by atoms with van der Waals surface area (Å²) in [5.74, 6) is 0.832. The van der Waals surface area contributed by atoms with E-state index in [1.54, 1.807) is 7.11 Å². The molecule has 3 nitrogen and oxygen atoms in total. The summed E-state index contributed by atoms with van der Waals surface area (Å²) in [4.78, 5) is 2.42. The number of rotatable bonds is 4. The van der Waals surface area contributed by atoms with Gasteiger partial charge in [0.15, 0.2) is 0 Å². The molecule has 2 atom stereocenters. The van der Waals surface area contributed by atoms with Gasteiger partial charge in [0.05, 0.1) is 13.2 Å². The van der Waals surface area contributed by atoms with Gasteiger partial charge in [0, 0.05) is 6.04 Å². The number of aliphatic hydroxyl groups excluding tert-OH is 1. The van der Waals surface area contributed by atoms with Crippen LogP contribution in [0, 0.1) is 0 Å². The number of likely N-dealkylation sites (tertiary alicyclic amines) is 1. The summed E-state index contributed by atoms with van der Waals surface area (Å²) < 4.78 is 5.15. The lowest BCUT2D eigenvalue weighted by Crippen LogP contribution is -2.38. The van der Waals surface area contributed by atoms with Crippen LogP contribution < -0.4 is 4.74 Å². The van der Waals surface area contributed by atoms with E-state index in [-0.39, 0.29) is 6.04 Å². The third kappa shape index (κ3) is 3.71. The van der Waals surface area contributed by atoms with E-state index in [0.717, 1.165) is 24.4 Å². The molecule has 1 saturated heterocycles. The molecule has 0 amide bonds. The molecule has 19 heavy (non-hydrogen) atoms. The fraction of sp³-hybridized carbons (Fsp3) is 0.625. The molecule has 0 radical (unpaired) electrons. The SMILES string of the molecule is COc1ccc([C@@H](O)[C@H](C)N2CCCCCC2)cc1. The second-order valence-corrected chi connectivity index (χ2v) is 5.41. The van der Waals surface area contributed by atoms with Crippen molar-refractivity contribution in [1.82, 2.24) is 4.90 Å². The van der Waals surface area contributed by atoms with Crippen LogP contribution in [0.3, 0.4) is 0 Å². The van der Waals surface area contributed by atoms with E-state index in [4.69, 9.17) is 4.74 Å². The molecule has 0 unspecified atom stereocenters. The zero-order valence-electron chi connectivity index (χ0n) is 12.0. The quantitative estimate of drug-likeness (QED) is 0.906. The van der Waals surface area contributed by atoms with Crippen molar-refractivity contribution in [3.05, 3.63) is 29.8 Å². The summed E-state index contributed by atoms with van der Waals surface area (Å²) in [6.07, 6.45) is 4.72. The van der Waals surface area contributed by atoms with E-state index < -0.39 is 6.10 Å². The Morgan fingerprint density at radius 3 is 2.16 bits per heavy atom. The normalized spacial score (nSPS) is 20.6. The first-order chi connectivity index (χ1) is 9.22. The minimum atomic E-state index is -0.427. The summed E-state index contributed by atoms with van der Waals surface area (Å²) in [5, 5.41) is 10.5. The Labute approximate surface area is 116 Å². The first-order valence-corrected chi connectivity index (χ1v) is 7.28. The number of hydrogen-bond acceptors (Lipinski definition) is 3. The van der Waals surface area contributed by atoms with Crippen LogP contribution >= 0.6 is 0 Å². The van der Waals surface area contributed by atoms with Gasteiger partial charge >= 0.3 is 0 Å². The van der Waals surface area contributed by atoms with E-state index >= 15 is 0 Å². The summed E-state index contributed by atoms with van der Waals surface area (Å²) in [5.41, 5.74) is 0.970. The maximum Gasteiger partial charge on any atom is 0.118 e. The number of ether oxygens (including phenoxy) is 1. The number of methoxy groups -OCH3 is 1. The van der Waals surface area contributed by atoms with Crippen LogP contribution in [0.4, 0.5) is 0 Å². The van der Waals surface area contributed by atoms with Crippen molar-refractivity contribution in [1.29, 1.82) is 0 Å². The number of aliphatic hydroxyl groups is 1. The van der Waals surface area contributed by atoms with Gasteiger partial charge in [-0.15, -0.1) is 0 Å². The Bertz CT molecular complexity index is 369. The summed E-state index contributed by atoms with van der Waals surface area (Å²) >= 11 is 0. The second-order valence-electron chi connectivity index (χ2n) is 5.41. The third-order valence-corrected chi connectivity index (χ3v) is 4.13. The highest BCUT2D eigenvalue weighted by Gasteiger charge is 2.23. The standard InChI is InChI=1S/C16H25NO2/c1-13(17-11-5-3-4-6-12-17)16(18)14-7-9-15(19-2)10-8-14/h7-10,13,16,18H,3-6,11-12H2,1-2H3/t13-,16-/m0/s1. The van der Waals surface area contributed by atoms with E-state index in [9.17, 15) is 5.11 Å². The molecule has 3 heteroatoms. The largest absolute Gasteiger partial charge is 0.497 e. The fourth-order valence-electron chi connectivity index (χ4n) is 2.78. The van der Waals surface area contributed by atoms with E-state index in [2.05, 4.69) is 11.8 Å². The average molecular weight is 263 g/mol. The molecule has 1 N–H and O–H groups in total. The van der Waals surface area contributed by atoms with Crippen LogP contribution in [-0.4, -0.2) is 36.2 Å². The van der Waals surface area contributed by atoms with Gasteiger partial charge < -0.3 is 9.84 Å². The van der Waals surface area contributed by atoms with Crippen LogP contribution in [0.15, 0.2) is 24.3 Å². The van der Waals surface area contributed by atoms with Gasteiger partial charge in [-0.2, -0.15) is 0 Å². The molecule has 0 bridgehead atoms. The predicted octanol–water partition coefficient (Wildman–Crippen LogP) is 2.99. The first kappa shape index (κ1) is 14.4. The van der Waals surface area contributed by atoms with Crippen LogP contribution in [0.5, 0.6) is 5.75 Å². The highest BCUT2D eigenvalue weighted by Crippen LogP contribution is 2.24. The Hall–Kier alpha value is -1.06. The molecule has 1 aliphatic rings. The van der Waals surface area contributed by atoms with Crippen molar-refractivity contribution in [2.75, 3.05) is 20.2 Å². The molecular weight excluding hydrogens is 238 g/mol. The van der Waals surface area contributed by atoms with Gasteiger partial charge in [0.25, 0.3) is 0 Å². The topological polar surface area (TPSA) is 32.7 Å². The Balaban J connectivity index is 2.01. The van der Waals surface area contributed by atoms with Crippen molar-refractivity contribution in [3.8, 4) is 5.75 Å². The van der Waals surface area contributed by atoms with Crippen molar-refractivity contribution < 1.29 is 9.84 Å². The average Bonchev–Trinajstić information content (AvgIpc) is 2.75. The predicted molar refractivity (Wildman–Crippen MR) is 77.5 cm³/mol. The molecular formula is C16H25NO2. The Morgan fingerprint density at radius 1 is 1.05 bits per heavy atom. The molecule has 2 rings (SSSR count). The molecule has 0 saturated carbocycles. The molecule has 106 valence electrons. The lowest BCUT2D eigenvalue weighted by atomic mass is 10.0. The second kappa shape index (κ2) is 6.92. The molecule has 1 fully saturated rings. The highest BCUT2D eigenvalue weighted by atomic mass is 16.5. The van der Waals surface area contributed by atoms with Crippen LogP contribution in [-0.2, 0) is 0 Å². The van der Waals surface area contributed by atoms with Crippen LogP contribution in [0.25, 0.3) is 0 Å². The van der Waals surface area contributed by atoms with Gasteiger partial charge in [0.1, 0.15) is 5.75 Å². The Morgan fingerprint density at radius 2 is 1.63 bits per heavy atom. The van der Waals surface area contributed by atoms with E-state index in [0.29, 0.717) is 0 Å². The molecule has 0 aliphatic carbocycles. The van der Waals surface area contributed by atoms with Gasteiger partial charge in [-0.25, -0.2) is 0 Å². The van der Waals surface area contributed by atoms with Gasteiger partial charge in [-0.05, 0) is 50.6 Å². The molecule has 0 spiro atoms. The first-order valence-electron chi connectivity index (χ1n) is 7.28. The Kier molecular flexibility index (Phi) is 5.23. The highest BCUT2D eigenvalue weighted by molar-refractivity contribution is 5.29. The van der Waals surface area contributed by atoms with Crippen molar-refractivity contribution in [3.63, 3.8) is 0 Å². The summed E-state index contributed by atoms with van der Waals surface area (Å²) in [6, 6.07) is 7.91. The van der Waals surface area contributed by atoms with E-state index in [1.165, 1.54) is 25.7 Å². The van der Waals surface area contributed by atoms with Gasteiger partial charge in [-0.3, -0.25) is 4.90 Å². The van der Waals surface area contributed by atoms with Gasteiger partial charge in [0.2, 0.25) is 0 Å². The van der Waals surface area contributed by atoms with E-state index in [1.807, 2.05) is 24.3 Å². The summed E-state index contributed by atoms with van der Waals surface area (Å²) in [6.45, 7) is 4.34.